The van der Waals surface area contributed by atoms with Gasteiger partial charge in [0.05, 0.1) is 4.90 Å². The number of sulfonamides is 1. The molecule has 0 saturated heterocycles. The Morgan fingerprint density at radius 1 is 1.33 bits per heavy atom. The number of benzene rings is 1. The molecule has 0 saturated carbocycles. The molecule has 0 spiro atoms. The van der Waals surface area contributed by atoms with Crippen LogP contribution >= 0.6 is 0 Å². The summed E-state index contributed by atoms with van der Waals surface area (Å²) >= 11 is 0. The Bertz CT molecular complexity index is 619. The second-order valence-electron chi connectivity index (χ2n) is 5.72. The van der Waals surface area contributed by atoms with Gasteiger partial charge in [0.1, 0.15) is 0 Å². The van der Waals surface area contributed by atoms with E-state index in [4.69, 9.17) is 5.73 Å². The van der Waals surface area contributed by atoms with Gasteiger partial charge in [-0.1, -0.05) is 6.07 Å². The molecule has 0 fully saturated rings. The highest BCUT2D eigenvalue weighted by molar-refractivity contribution is 7.89. The summed E-state index contributed by atoms with van der Waals surface area (Å²) in [6, 6.07) is 4.79. The van der Waals surface area contributed by atoms with Crippen molar-refractivity contribution >= 4 is 21.6 Å². The molecule has 0 heterocycles. The highest BCUT2D eigenvalue weighted by Crippen LogP contribution is 2.20. The summed E-state index contributed by atoms with van der Waals surface area (Å²) in [5.74, 6) is -0.190. The molecule has 0 bridgehead atoms. The first-order valence-corrected chi connectivity index (χ1v) is 8.16. The molecule has 0 unspecified atom stereocenters. The molecule has 1 aromatic rings. The average molecular weight is 313 g/mol. The van der Waals surface area contributed by atoms with E-state index < -0.39 is 15.6 Å². The van der Waals surface area contributed by atoms with Gasteiger partial charge in [-0.15, -0.1) is 0 Å². The fraction of sp³-hybridized carbons (Fsp3) is 0.500. The number of carbonyl (C=O) groups excluding carboxylic acids is 1. The second kappa shape index (κ2) is 6.55. The van der Waals surface area contributed by atoms with Crippen molar-refractivity contribution in [2.24, 2.45) is 5.73 Å². The Morgan fingerprint density at radius 3 is 2.48 bits per heavy atom. The van der Waals surface area contributed by atoms with Gasteiger partial charge >= 0.3 is 0 Å². The summed E-state index contributed by atoms with van der Waals surface area (Å²) in [6.45, 7) is 5.40. The van der Waals surface area contributed by atoms with Crippen LogP contribution in [-0.4, -0.2) is 26.9 Å². The molecule has 1 amide bonds. The van der Waals surface area contributed by atoms with Crippen molar-refractivity contribution < 1.29 is 13.2 Å². The van der Waals surface area contributed by atoms with E-state index in [1.165, 1.54) is 13.1 Å². The van der Waals surface area contributed by atoms with E-state index >= 15 is 0 Å². The zero-order valence-corrected chi connectivity index (χ0v) is 13.7. The number of nitrogens with one attached hydrogen (secondary N) is 2. The van der Waals surface area contributed by atoms with Gasteiger partial charge in [0.2, 0.25) is 15.9 Å². The zero-order valence-electron chi connectivity index (χ0n) is 12.9. The number of rotatable bonds is 6. The predicted octanol–water partition coefficient (Wildman–Crippen LogP) is 1.36. The molecule has 0 radical (unpaired) electrons. The fourth-order valence-electron chi connectivity index (χ4n) is 1.74. The van der Waals surface area contributed by atoms with E-state index in [0.717, 1.165) is 0 Å². The average Bonchev–Trinajstić information content (AvgIpc) is 2.38. The highest BCUT2D eigenvalue weighted by Gasteiger charge is 2.17. The van der Waals surface area contributed by atoms with Gasteiger partial charge in [-0.3, -0.25) is 4.79 Å². The quantitative estimate of drug-likeness (QED) is 0.738. The second-order valence-corrected chi connectivity index (χ2v) is 7.58. The number of nitrogens with two attached hydrogens (primary N) is 1. The van der Waals surface area contributed by atoms with Gasteiger partial charge < -0.3 is 11.1 Å². The lowest BCUT2D eigenvalue weighted by Crippen LogP contribution is -2.33. The van der Waals surface area contributed by atoms with Crippen molar-refractivity contribution in [3.05, 3.63) is 23.8 Å². The van der Waals surface area contributed by atoms with E-state index in [0.29, 0.717) is 17.7 Å². The lowest BCUT2D eigenvalue weighted by atomic mass is 10.00. The van der Waals surface area contributed by atoms with Gasteiger partial charge in [-0.25, -0.2) is 13.1 Å². The molecule has 1 aromatic carbocycles. The molecule has 0 aliphatic heterocycles. The van der Waals surface area contributed by atoms with Gasteiger partial charge in [0.25, 0.3) is 0 Å². The minimum atomic E-state index is -3.54. The van der Waals surface area contributed by atoms with E-state index in [1.54, 1.807) is 19.1 Å². The van der Waals surface area contributed by atoms with Crippen molar-refractivity contribution in [3.63, 3.8) is 0 Å². The van der Waals surface area contributed by atoms with E-state index in [9.17, 15) is 13.2 Å². The maximum Gasteiger partial charge on any atom is 0.240 e. The lowest BCUT2D eigenvalue weighted by molar-refractivity contribution is -0.116. The molecule has 1 rings (SSSR count). The molecule has 0 aliphatic rings. The molecule has 0 atom stereocenters. The summed E-state index contributed by atoms with van der Waals surface area (Å²) in [7, 11) is -2.19. The molecule has 4 N–H and O–H groups in total. The largest absolute Gasteiger partial charge is 0.326 e. The number of aryl methyl sites for hydroxylation is 1. The van der Waals surface area contributed by atoms with Crippen LogP contribution in [0.1, 0.15) is 32.3 Å². The summed E-state index contributed by atoms with van der Waals surface area (Å²) in [5.41, 5.74) is 6.49. The third-order valence-electron chi connectivity index (χ3n) is 3.03. The highest BCUT2D eigenvalue weighted by atomic mass is 32.2. The van der Waals surface area contributed by atoms with Gasteiger partial charge in [-0.2, -0.15) is 0 Å². The number of hydrogen-bond donors (Lipinski definition) is 3. The van der Waals surface area contributed by atoms with Crippen molar-refractivity contribution in [1.29, 1.82) is 0 Å². The minimum Gasteiger partial charge on any atom is -0.326 e. The van der Waals surface area contributed by atoms with Crippen molar-refractivity contribution in [3.8, 4) is 0 Å². The first kappa shape index (κ1) is 17.6. The standard InChI is InChI=1S/C14H23N3O3S/c1-10-5-6-11(9-12(10)21(19,20)16-4)17-13(18)7-8-14(2,3)15/h5-6,9,16H,7-8,15H2,1-4H3,(H,17,18). The maximum atomic E-state index is 11.9. The third-order valence-corrected chi connectivity index (χ3v) is 4.58. The molecule has 21 heavy (non-hydrogen) atoms. The molecular weight excluding hydrogens is 290 g/mol. The van der Waals surface area contributed by atoms with E-state index in [1.807, 2.05) is 13.8 Å². The summed E-state index contributed by atoms with van der Waals surface area (Å²) in [6.07, 6.45) is 0.831. The smallest absolute Gasteiger partial charge is 0.240 e. The molecular formula is C14H23N3O3S. The van der Waals surface area contributed by atoms with Gasteiger partial charge in [0.15, 0.2) is 0 Å². The van der Waals surface area contributed by atoms with Crippen molar-refractivity contribution in [2.75, 3.05) is 12.4 Å². The number of amides is 1. The van der Waals surface area contributed by atoms with Crippen LogP contribution < -0.4 is 15.8 Å². The number of anilines is 1. The normalized spacial score (nSPS) is 12.2. The van der Waals surface area contributed by atoms with Crippen LogP contribution in [0.3, 0.4) is 0 Å². The predicted molar refractivity (Wildman–Crippen MR) is 83.6 cm³/mol. The topological polar surface area (TPSA) is 101 Å². The summed E-state index contributed by atoms with van der Waals surface area (Å²) < 4.78 is 26.0. The number of carbonyl (C=O) groups is 1. The monoisotopic (exact) mass is 313 g/mol. The van der Waals surface area contributed by atoms with Gasteiger partial charge in [-0.05, 0) is 51.9 Å². The Hall–Kier alpha value is -1.44. The number of hydrogen-bond acceptors (Lipinski definition) is 4. The summed E-state index contributed by atoms with van der Waals surface area (Å²) in [4.78, 5) is 12.0. The molecule has 6 nitrogen and oxygen atoms in total. The van der Waals surface area contributed by atoms with Crippen LogP contribution in [-0.2, 0) is 14.8 Å². The van der Waals surface area contributed by atoms with E-state index in [-0.39, 0.29) is 17.2 Å². The van der Waals surface area contributed by atoms with Crippen LogP contribution in [0, 0.1) is 6.92 Å². The van der Waals surface area contributed by atoms with Crippen LogP contribution in [0.2, 0.25) is 0 Å². The van der Waals surface area contributed by atoms with Crippen LogP contribution in [0.25, 0.3) is 0 Å². The fourth-order valence-corrected chi connectivity index (χ4v) is 2.73. The zero-order chi connectivity index (χ0) is 16.3. The SMILES string of the molecule is CNS(=O)(=O)c1cc(NC(=O)CCC(C)(C)N)ccc1C. The Morgan fingerprint density at radius 2 is 1.95 bits per heavy atom. The lowest BCUT2D eigenvalue weighted by Gasteiger charge is -2.17. The van der Waals surface area contributed by atoms with Crippen LogP contribution in [0.5, 0.6) is 0 Å². The molecule has 0 aliphatic carbocycles. The minimum absolute atomic E-state index is 0.155. The van der Waals surface area contributed by atoms with Crippen molar-refractivity contribution in [1.82, 2.24) is 4.72 Å². The third kappa shape index (κ3) is 5.45. The molecule has 118 valence electrons. The molecule has 0 aromatic heterocycles. The van der Waals surface area contributed by atoms with Gasteiger partial charge in [0, 0.05) is 17.6 Å². The first-order chi connectivity index (χ1) is 9.55. The van der Waals surface area contributed by atoms with E-state index in [2.05, 4.69) is 10.0 Å². The first-order valence-electron chi connectivity index (χ1n) is 6.68. The maximum absolute atomic E-state index is 11.9. The Kier molecular flexibility index (Phi) is 5.49. The Labute approximate surface area is 126 Å². The summed E-state index contributed by atoms with van der Waals surface area (Å²) in [5, 5.41) is 2.69. The van der Waals surface area contributed by atoms with Crippen LogP contribution in [0.15, 0.2) is 23.1 Å². The van der Waals surface area contributed by atoms with Crippen LogP contribution in [0.4, 0.5) is 5.69 Å². The van der Waals surface area contributed by atoms with Crippen molar-refractivity contribution in [2.45, 2.75) is 44.0 Å². The Balaban J connectivity index is 2.87. The molecule has 7 heteroatoms.